The number of hydrogen-bond acceptors (Lipinski definition) is 3. The molecule has 1 saturated carbocycles. The van der Waals surface area contributed by atoms with Crippen molar-refractivity contribution in [2.24, 2.45) is 10.7 Å². The number of aliphatic imine (C=N–C) groups is 1. The van der Waals surface area contributed by atoms with Crippen molar-refractivity contribution in [3.05, 3.63) is 0 Å². The minimum atomic E-state index is 0.0780. The van der Waals surface area contributed by atoms with E-state index in [4.69, 9.17) is 15.6 Å². The van der Waals surface area contributed by atoms with Crippen LogP contribution in [-0.2, 0) is 4.74 Å². The molecular weight excluding hydrogens is 218 g/mol. The van der Waals surface area contributed by atoms with E-state index in [1.807, 2.05) is 0 Å². The highest BCUT2D eigenvalue weighted by Crippen LogP contribution is 2.16. The molecule has 1 rings (SSSR count). The molecule has 5 heteroatoms. The second-order valence-electron chi connectivity index (χ2n) is 4.44. The molecule has 100 valence electrons. The Balaban J connectivity index is 2.03. The molecule has 0 bridgehead atoms. The van der Waals surface area contributed by atoms with Crippen molar-refractivity contribution in [3.8, 4) is 0 Å². The van der Waals surface area contributed by atoms with Gasteiger partial charge in [-0.3, -0.25) is 4.99 Å². The number of guanidine groups is 1. The largest absolute Gasteiger partial charge is 0.394 e. The predicted molar refractivity (Wildman–Crippen MR) is 69.0 cm³/mol. The van der Waals surface area contributed by atoms with Crippen molar-refractivity contribution < 1.29 is 9.84 Å². The lowest BCUT2D eigenvalue weighted by atomic mass is 9.96. The smallest absolute Gasteiger partial charge is 0.188 e. The molecular formula is C12H25N3O2. The van der Waals surface area contributed by atoms with Gasteiger partial charge in [0.05, 0.1) is 13.2 Å². The molecule has 4 N–H and O–H groups in total. The molecule has 0 heterocycles. The second kappa shape index (κ2) is 9.24. The van der Waals surface area contributed by atoms with Gasteiger partial charge in [-0.15, -0.1) is 0 Å². The van der Waals surface area contributed by atoms with Crippen LogP contribution in [0.2, 0.25) is 0 Å². The van der Waals surface area contributed by atoms with Crippen LogP contribution >= 0.6 is 0 Å². The summed E-state index contributed by atoms with van der Waals surface area (Å²) in [6.07, 6.45) is 7.18. The fourth-order valence-corrected chi connectivity index (χ4v) is 2.03. The molecule has 0 saturated heterocycles. The Hall–Kier alpha value is -0.810. The minimum Gasteiger partial charge on any atom is -0.394 e. The molecule has 17 heavy (non-hydrogen) atoms. The molecule has 0 aromatic rings. The number of nitrogens with two attached hydrogens (primary N) is 1. The lowest BCUT2D eigenvalue weighted by Gasteiger charge is -2.23. The van der Waals surface area contributed by atoms with E-state index in [1.54, 1.807) is 0 Å². The monoisotopic (exact) mass is 243 g/mol. The third-order valence-electron chi connectivity index (χ3n) is 2.92. The van der Waals surface area contributed by atoms with Crippen LogP contribution in [0.4, 0.5) is 0 Å². The van der Waals surface area contributed by atoms with Crippen molar-refractivity contribution >= 4 is 5.96 Å². The van der Waals surface area contributed by atoms with Gasteiger partial charge in [-0.05, 0) is 19.3 Å². The second-order valence-corrected chi connectivity index (χ2v) is 4.44. The van der Waals surface area contributed by atoms with E-state index in [0.717, 1.165) is 6.42 Å². The van der Waals surface area contributed by atoms with Crippen molar-refractivity contribution in [2.75, 3.05) is 26.4 Å². The van der Waals surface area contributed by atoms with E-state index < -0.39 is 0 Å². The van der Waals surface area contributed by atoms with Crippen LogP contribution in [0.3, 0.4) is 0 Å². The standard InChI is InChI=1S/C12H25N3O2/c13-12(14-7-4-9-17-10-8-16)15-11-5-2-1-3-6-11/h11,16H,1-10H2,(H3,13,14,15). The number of aliphatic hydroxyl groups excluding tert-OH is 1. The van der Waals surface area contributed by atoms with Crippen LogP contribution in [-0.4, -0.2) is 43.5 Å². The van der Waals surface area contributed by atoms with Crippen molar-refractivity contribution in [3.63, 3.8) is 0 Å². The highest BCUT2D eigenvalue weighted by Gasteiger charge is 2.12. The zero-order chi connectivity index (χ0) is 12.3. The molecule has 0 atom stereocenters. The molecule has 0 aromatic heterocycles. The topological polar surface area (TPSA) is 79.9 Å². The van der Waals surface area contributed by atoms with Gasteiger partial charge in [-0.1, -0.05) is 19.3 Å². The average molecular weight is 243 g/mol. The summed E-state index contributed by atoms with van der Waals surface area (Å²) in [5.74, 6) is 0.555. The minimum absolute atomic E-state index is 0.0780. The van der Waals surface area contributed by atoms with Gasteiger partial charge in [0.15, 0.2) is 5.96 Å². The predicted octanol–water partition coefficient (Wildman–Crippen LogP) is 0.622. The molecule has 0 spiro atoms. The quantitative estimate of drug-likeness (QED) is 0.348. The molecule has 0 aromatic carbocycles. The molecule has 0 unspecified atom stereocenters. The Morgan fingerprint density at radius 2 is 2.06 bits per heavy atom. The summed E-state index contributed by atoms with van der Waals surface area (Å²) in [6.45, 7) is 1.78. The average Bonchev–Trinajstić information content (AvgIpc) is 2.35. The molecule has 0 aliphatic heterocycles. The van der Waals surface area contributed by atoms with Gasteiger partial charge >= 0.3 is 0 Å². The third kappa shape index (κ3) is 7.18. The van der Waals surface area contributed by atoms with E-state index in [2.05, 4.69) is 10.3 Å². The van der Waals surface area contributed by atoms with Gasteiger partial charge in [0.1, 0.15) is 0 Å². The Kier molecular flexibility index (Phi) is 7.75. The van der Waals surface area contributed by atoms with Crippen molar-refractivity contribution in [2.45, 2.75) is 44.6 Å². The zero-order valence-corrected chi connectivity index (χ0v) is 10.5. The van der Waals surface area contributed by atoms with Gasteiger partial charge < -0.3 is 20.9 Å². The lowest BCUT2D eigenvalue weighted by Crippen LogP contribution is -2.41. The summed E-state index contributed by atoms with van der Waals surface area (Å²) in [5, 5.41) is 11.8. The normalized spacial score (nSPS) is 18.3. The molecule has 5 nitrogen and oxygen atoms in total. The van der Waals surface area contributed by atoms with Crippen LogP contribution in [0.25, 0.3) is 0 Å². The van der Waals surface area contributed by atoms with Gasteiger partial charge in [-0.25, -0.2) is 0 Å². The molecule has 1 fully saturated rings. The first-order valence-corrected chi connectivity index (χ1v) is 6.58. The molecule has 1 aliphatic carbocycles. The van der Waals surface area contributed by atoms with Crippen LogP contribution in [0, 0.1) is 0 Å². The number of ether oxygens (including phenoxy) is 1. The van der Waals surface area contributed by atoms with E-state index in [1.165, 1.54) is 32.1 Å². The summed E-state index contributed by atoms with van der Waals surface area (Å²) in [5.41, 5.74) is 5.80. The Bertz CT molecular complexity index is 216. The number of nitrogens with zero attached hydrogens (tertiary/aromatic N) is 1. The van der Waals surface area contributed by atoms with Gasteiger partial charge in [0.2, 0.25) is 0 Å². The highest BCUT2D eigenvalue weighted by atomic mass is 16.5. The lowest BCUT2D eigenvalue weighted by molar-refractivity contribution is 0.0918. The SMILES string of the molecule is NC(=NCCCOCCO)NC1CCCCC1. The van der Waals surface area contributed by atoms with E-state index in [9.17, 15) is 0 Å². The first-order valence-electron chi connectivity index (χ1n) is 6.58. The molecule has 1 aliphatic rings. The van der Waals surface area contributed by atoms with Gasteiger partial charge in [-0.2, -0.15) is 0 Å². The Morgan fingerprint density at radius 3 is 2.76 bits per heavy atom. The number of aliphatic hydroxyl groups is 1. The maximum absolute atomic E-state index is 8.51. The fraction of sp³-hybridized carbons (Fsp3) is 0.917. The summed E-state index contributed by atoms with van der Waals surface area (Å²) in [4.78, 5) is 4.26. The summed E-state index contributed by atoms with van der Waals surface area (Å²) in [6, 6.07) is 0.512. The molecule has 0 radical (unpaired) electrons. The van der Waals surface area contributed by atoms with Crippen LogP contribution in [0.1, 0.15) is 38.5 Å². The van der Waals surface area contributed by atoms with Crippen LogP contribution < -0.4 is 11.1 Å². The number of hydrogen-bond donors (Lipinski definition) is 3. The third-order valence-corrected chi connectivity index (χ3v) is 2.92. The fourth-order valence-electron chi connectivity index (χ4n) is 2.03. The number of rotatable bonds is 7. The number of nitrogens with one attached hydrogen (secondary N) is 1. The first-order chi connectivity index (χ1) is 8.33. The maximum atomic E-state index is 8.51. The summed E-state index contributed by atoms with van der Waals surface area (Å²) >= 11 is 0. The van der Waals surface area contributed by atoms with Gasteiger partial charge in [0.25, 0.3) is 0 Å². The van der Waals surface area contributed by atoms with Crippen LogP contribution in [0.5, 0.6) is 0 Å². The molecule has 0 amide bonds. The zero-order valence-electron chi connectivity index (χ0n) is 10.5. The summed E-state index contributed by atoms with van der Waals surface area (Å²) < 4.78 is 5.13. The van der Waals surface area contributed by atoms with E-state index in [0.29, 0.717) is 31.8 Å². The Labute approximate surface area is 103 Å². The van der Waals surface area contributed by atoms with Gasteiger partial charge in [0, 0.05) is 19.2 Å². The van der Waals surface area contributed by atoms with E-state index in [-0.39, 0.29) is 6.61 Å². The Morgan fingerprint density at radius 1 is 1.29 bits per heavy atom. The van der Waals surface area contributed by atoms with Crippen molar-refractivity contribution in [1.29, 1.82) is 0 Å². The first kappa shape index (κ1) is 14.3. The van der Waals surface area contributed by atoms with Crippen LogP contribution in [0.15, 0.2) is 4.99 Å². The van der Waals surface area contributed by atoms with E-state index >= 15 is 0 Å². The summed E-state index contributed by atoms with van der Waals surface area (Å²) in [7, 11) is 0. The van der Waals surface area contributed by atoms with Crippen molar-refractivity contribution in [1.82, 2.24) is 5.32 Å². The maximum Gasteiger partial charge on any atom is 0.188 e. The highest BCUT2D eigenvalue weighted by molar-refractivity contribution is 5.78.